The van der Waals surface area contributed by atoms with Crippen molar-refractivity contribution < 1.29 is 13.9 Å². The van der Waals surface area contributed by atoms with Gasteiger partial charge in [-0.25, -0.2) is 4.39 Å². The number of ether oxygens (including phenoxy) is 1. The third-order valence-corrected chi connectivity index (χ3v) is 4.14. The second kappa shape index (κ2) is 10.5. The lowest BCUT2D eigenvalue weighted by Crippen LogP contribution is -2.25. The van der Waals surface area contributed by atoms with Gasteiger partial charge in [0.2, 0.25) is 0 Å². The Morgan fingerprint density at radius 3 is 2.85 bits per heavy atom. The fraction of sp³-hybridized carbons (Fsp3) is 0.429. The van der Waals surface area contributed by atoms with E-state index in [1.54, 1.807) is 31.3 Å². The van der Waals surface area contributed by atoms with Crippen LogP contribution in [-0.2, 0) is 13.6 Å². The highest BCUT2D eigenvalue weighted by molar-refractivity contribution is 5.92. The normalized spacial score (nSPS) is 11.1. The molecule has 1 heterocycles. The van der Waals surface area contributed by atoms with E-state index >= 15 is 0 Å². The summed E-state index contributed by atoms with van der Waals surface area (Å²) in [6.07, 6.45) is 8.25. The van der Waals surface area contributed by atoms with Crippen LogP contribution in [0.25, 0.3) is 0 Å². The molecule has 1 aromatic carbocycles. The van der Waals surface area contributed by atoms with Crippen LogP contribution in [0.4, 0.5) is 4.39 Å². The molecule has 0 fully saturated rings. The smallest absolute Gasteiger partial charge is 0.269 e. The van der Waals surface area contributed by atoms with Crippen molar-refractivity contribution in [2.45, 2.75) is 46.1 Å². The molecule has 0 atom stereocenters. The molecule has 0 aliphatic rings. The first kappa shape index (κ1) is 20.7. The fourth-order valence-corrected chi connectivity index (χ4v) is 2.72. The summed E-state index contributed by atoms with van der Waals surface area (Å²) in [4.78, 5) is 12.2. The number of hydrogen-bond donors (Lipinski definition) is 1. The number of hydrogen-bond acceptors (Lipinski definition) is 3. The van der Waals surface area contributed by atoms with Gasteiger partial charge in [0.15, 0.2) is 11.6 Å². The molecule has 0 unspecified atom stereocenters. The highest BCUT2D eigenvalue weighted by Crippen LogP contribution is 2.21. The highest BCUT2D eigenvalue weighted by atomic mass is 19.1. The lowest BCUT2D eigenvalue weighted by molar-refractivity contribution is 0.0941. The van der Waals surface area contributed by atoms with Crippen molar-refractivity contribution in [2.24, 2.45) is 7.05 Å². The first-order chi connectivity index (χ1) is 13.0. The number of rotatable bonds is 10. The molecule has 0 bridgehead atoms. The third-order valence-electron chi connectivity index (χ3n) is 4.14. The average molecular weight is 373 g/mol. The van der Waals surface area contributed by atoms with Crippen molar-refractivity contribution in [3.8, 4) is 5.75 Å². The summed E-state index contributed by atoms with van der Waals surface area (Å²) in [7, 11) is 1.70. The fourth-order valence-electron chi connectivity index (χ4n) is 2.72. The first-order valence-electron chi connectivity index (χ1n) is 9.37. The van der Waals surface area contributed by atoms with Gasteiger partial charge >= 0.3 is 0 Å². The van der Waals surface area contributed by atoms with E-state index in [-0.39, 0.29) is 18.2 Å². The van der Waals surface area contributed by atoms with Gasteiger partial charge in [-0.1, -0.05) is 31.2 Å². The number of aromatic nitrogens is 2. The van der Waals surface area contributed by atoms with Gasteiger partial charge in [0.1, 0.15) is 5.69 Å². The second-order valence-electron chi connectivity index (χ2n) is 6.43. The SMILES string of the molecule is CCC=CCCCCOc1cccc(CNC(=O)c2cc(C)nn2C)c1F. The van der Waals surface area contributed by atoms with E-state index in [9.17, 15) is 9.18 Å². The molecule has 0 aliphatic carbocycles. The summed E-state index contributed by atoms with van der Waals surface area (Å²) in [5, 5.41) is 6.87. The largest absolute Gasteiger partial charge is 0.491 e. The molecular formula is C21H28FN3O2. The summed E-state index contributed by atoms with van der Waals surface area (Å²) in [6.45, 7) is 4.49. The Morgan fingerprint density at radius 1 is 1.33 bits per heavy atom. The molecule has 27 heavy (non-hydrogen) atoms. The van der Waals surface area contributed by atoms with E-state index < -0.39 is 5.82 Å². The molecule has 0 saturated heterocycles. The van der Waals surface area contributed by atoms with Crippen LogP contribution in [0.3, 0.4) is 0 Å². The first-order valence-corrected chi connectivity index (χ1v) is 9.37. The molecule has 0 saturated carbocycles. The molecule has 0 aliphatic heterocycles. The summed E-state index contributed by atoms with van der Waals surface area (Å²) in [5.41, 5.74) is 1.59. The molecular weight excluding hydrogens is 345 g/mol. The van der Waals surface area contributed by atoms with Crippen molar-refractivity contribution in [3.05, 3.63) is 59.2 Å². The lowest BCUT2D eigenvalue weighted by Gasteiger charge is -2.11. The van der Waals surface area contributed by atoms with Crippen LogP contribution in [0.2, 0.25) is 0 Å². The number of halogens is 1. The van der Waals surface area contributed by atoms with Crippen molar-refractivity contribution in [1.82, 2.24) is 15.1 Å². The van der Waals surface area contributed by atoms with Gasteiger partial charge in [-0.15, -0.1) is 0 Å². The zero-order chi connectivity index (χ0) is 19.6. The minimum Gasteiger partial charge on any atom is -0.491 e. The molecule has 6 heteroatoms. The van der Waals surface area contributed by atoms with Crippen LogP contribution in [0, 0.1) is 12.7 Å². The summed E-state index contributed by atoms with van der Waals surface area (Å²) in [6, 6.07) is 6.69. The van der Waals surface area contributed by atoms with Crippen molar-refractivity contribution >= 4 is 5.91 Å². The number of unbranched alkanes of at least 4 members (excludes halogenated alkanes) is 2. The molecule has 0 spiro atoms. The average Bonchev–Trinajstić information content (AvgIpc) is 2.99. The maximum atomic E-state index is 14.6. The summed E-state index contributed by atoms with van der Waals surface area (Å²) < 4.78 is 21.7. The molecule has 0 radical (unpaired) electrons. The Balaban J connectivity index is 1.85. The predicted molar refractivity (Wildman–Crippen MR) is 104 cm³/mol. The Hall–Kier alpha value is -2.63. The molecule has 146 valence electrons. The quantitative estimate of drug-likeness (QED) is 0.499. The van der Waals surface area contributed by atoms with Crippen LogP contribution in [0.1, 0.15) is 54.4 Å². The molecule has 1 aromatic heterocycles. The van der Waals surface area contributed by atoms with Gasteiger partial charge in [0.05, 0.1) is 12.3 Å². The number of benzene rings is 1. The lowest BCUT2D eigenvalue weighted by atomic mass is 10.2. The Morgan fingerprint density at radius 2 is 2.15 bits per heavy atom. The number of amides is 1. The van der Waals surface area contributed by atoms with Gasteiger partial charge < -0.3 is 10.1 Å². The molecule has 1 amide bonds. The number of nitrogens with one attached hydrogen (secondary N) is 1. The number of carbonyl (C=O) groups excluding carboxylic acids is 1. The third kappa shape index (κ3) is 6.24. The zero-order valence-electron chi connectivity index (χ0n) is 16.3. The number of nitrogens with zero attached hydrogens (tertiary/aromatic N) is 2. The monoisotopic (exact) mass is 373 g/mol. The standard InChI is InChI=1S/C21H28FN3O2/c1-4-5-6-7-8-9-13-27-19-12-10-11-17(20(19)22)15-23-21(26)18-14-16(2)24-25(18)3/h5-6,10-12,14H,4,7-9,13,15H2,1-3H3,(H,23,26). The number of carbonyl (C=O) groups is 1. The van der Waals surface area contributed by atoms with Crippen LogP contribution in [-0.4, -0.2) is 22.3 Å². The van der Waals surface area contributed by atoms with Crippen LogP contribution in [0.5, 0.6) is 5.75 Å². The number of allylic oxidation sites excluding steroid dienone is 2. The van der Waals surface area contributed by atoms with Gasteiger partial charge in [0.25, 0.3) is 5.91 Å². The highest BCUT2D eigenvalue weighted by Gasteiger charge is 2.14. The topological polar surface area (TPSA) is 56.1 Å². The van der Waals surface area contributed by atoms with E-state index in [0.29, 0.717) is 17.9 Å². The van der Waals surface area contributed by atoms with Crippen LogP contribution >= 0.6 is 0 Å². The Labute approximate surface area is 160 Å². The summed E-state index contributed by atoms with van der Waals surface area (Å²) >= 11 is 0. The maximum Gasteiger partial charge on any atom is 0.269 e. The van der Waals surface area contributed by atoms with Gasteiger partial charge in [0, 0.05) is 19.2 Å². The van der Waals surface area contributed by atoms with E-state index in [2.05, 4.69) is 29.5 Å². The van der Waals surface area contributed by atoms with E-state index in [4.69, 9.17) is 4.74 Å². The van der Waals surface area contributed by atoms with Gasteiger partial charge in [-0.3, -0.25) is 9.48 Å². The maximum absolute atomic E-state index is 14.6. The predicted octanol–water partition coefficient (Wildman–Crippen LogP) is 4.31. The summed E-state index contributed by atoms with van der Waals surface area (Å²) in [5.74, 6) is -0.490. The zero-order valence-corrected chi connectivity index (χ0v) is 16.3. The minimum absolute atomic E-state index is 0.0912. The van der Waals surface area contributed by atoms with Crippen LogP contribution < -0.4 is 10.1 Å². The van der Waals surface area contributed by atoms with E-state index in [1.807, 2.05) is 6.92 Å². The minimum atomic E-state index is -0.426. The van der Waals surface area contributed by atoms with Crippen molar-refractivity contribution in [3.63, 3.8) is 0 Å². The van der Waals surface area contributed by atoms with Crippen LogP contribution in [0.15, 0.2) is 36.4 Å². The van der Waals surface area contributed by atoms with Gasteiger partial charge in [-0.05, 0) is 44.7 Å². The molecule has 2 rings (SSSR count). The van der Waals surface area contributed by atoms with Crippen molar-refractivity contribution in [1.29, 1.82) is 0 Å². The Bertz CT molecular complexity index is 784. The van der Waals surface area contributed by atoms with Gasteiger partial charge in [-0.2, -0.15) is 5.10 Å². The second-order valence-corrected chi connectivity index (χ2v) is 6.43. The van der Waals surface area contributed by atoms with Crippen molar-refractivity contribution in [2.75, 3.05) is 6.61 Å². The van der Waals surface area contributed by atoms with E-state index in [0.717, 1.165) is 31.4 Å². The molecule has 5 nitrogen and oxygen atoms in total. The molecule has 1 N–H and O–H groups in total. The van der Waals surface area contributed by atoms with E-state index in [1.165, 1.54) is 4.68 Å². The number of aryl methyl sites for hydroxylation is 2. The molecule has 2 aromatic rings. The Kier molecular flexibility index (Phi) is 8.04.